The second kappa shape index (κ2) is 56.1. The molecule has 1 N–H and O–H groups in total. The lowest BCUT2D eigenvalue weighted by molar-refractivity contribution is -0.161. The highest BCUT2D eigenvalue weighted by molar-refractivity contribution is 5.70. The average molecular weight is 917 g/mol. The number of rotatable bonds is 50. The van der Waals surface area contributed by atoms with Crippen LogP contribution in [0.4, 0.5) is 0 Å². The molecule has 0 spiro atoms. The van der Waals surface area contributed by atoms with Crippen LogP contribution in [0.1, 0.15) is 258 Å². The van der Waals surface area contributed by atoms with Crippen LogP contribution in [0.2, 0.25) is 0 Å². The highest BCUT2D eigenvalue weighted by Gasteiger charge is 2.16. The normalized spacial score (nSPS) is 13.0. The molecule has 0 saturated heterocycles. The van der Waals surface area contributed by atoms with Crippen molar-refractivity contribution >= 4 is 11.9 Å². The van der Waals surface area contributed by atoms with Crippen LogP contribution in [0.15, 0.2) is 97.2 Å². The summed E-state index contributed by atoms with van der Waals surface area (Å²) in [5.74, 6) is -0.597. The number of ether oxygens (including phenoxy) is 2. The summed E-state index contributed by atoms with van der Waals surface area (Å²) in [5.41, 5.74) is 0. The first-order valence-corrected chi connectivity index (χ1v) is 27.8. The van der Waals surface area contributed by atoms with Crippen LogP contribution in [-0.4, -0.2) is 36.4 Å². The van der Waals surface area contributed by atoms with Gasteiger partial charge in [0.25, 0.3) is 0 Å². The van der Waals surface area contributed by atoms with Gasteiger partial charge in [-0.1, -0.05) is 246 Å². The zero-order chi connectivity index (χ0) is 47.7. The van der Waals surface area contributed by atoms with Gasteiger partial charge in [-0.15, -0.1) is 0 Å². The molecule has 0 aromatic carbocycles. The average Bonchev–Trinajstić information content (AvgIpc) is 3.32. The first-order valence-electron chi connectivity index (χ1n) is 27.8. The Kier molecular flexibility index (Phi) is 53.4. The Hall–Kier alpha value is -3.18. The van der Waals surface area contributed by atoms with Crippen molar-refractivity contribution in [3.63, 3.8) is 0 Å². The van der Waals surface area contributed by atoms with E-state index in [1.54, 1.807) is 0 Å². The van der Waals surface area contributed by atoms with Gasteiger partial charge in [0, 0.05) is 12.8 Å². The maximum absolute atomic E-state index is 12.3. The summed E-state index contributed by atoms with van der Waals surface area (Å²) < 4.78 is 10.7. The van der Waals surface area contributed by atoms with Gasteiger partial charge < -0.3 is 14.6 Å². The number of hydrogen-bond donors (Lipinski definition) is 1. The largest absolute Gasteiger partial charge is 0.462 e. The van der Waals surface area contributed by atoms with E-state index < -0.39 is 6.10 Å². The maximum atomic E-state index is 12.3. The second-order valence-electron chi connectivity index (χ2n) is 18.3. The van der Waals surface area contributed by atoms with Crippen LogP contribution >= 0.6 is 0 Å². The highest BCUT2D eigenvalue weighted by atomic mass is 16.6. The third-order valence-corrected chi connectivity index (χ3v) is 11.9. The number of esters is 2. The lowest BCUT2D eigenvalue weighted by atomic mass is 10.0. The molecular formula is C61H104O5. The highest BCUT2D eigenvalue weighted by Crippen LogP contribution is 2.16. The fraction of sp³-hybridized carbons (Fsp3) is 0.705. The van der Waals surface area contributed by atoms with E-state index in [0.29, 0.717) is 12.8 Å². The standard InChI is InChI=1S/C61H104O5/c1-3-5-7-9-11-13-15-17-18-19-20-21-22-23-24-25-26-27-28-29-30-31-32-33-34-35-36-37-38-39-40-41-42-44-46-48-50-52-54-56-61(64)66-59(57-62)58-65-60(63)55-53-51-49-47-45-43-16-14-12-10-8-6-4-2/h5,7,11,13-14,16-18,20-21,23-24,26-27,29-30,59,62H,3-4,6,8-10,12,15,19,22,25,28,31-58H2,1-2H3/b7-5-,13-11-,16-14-,18-17-,21-20-,24-23-,27-26-,30-29-. The van der Waals surface area contributed by atoms with Crippen molar-refractivity contribution in [1.82, 2.24) is 0 Å². The third-order valence-electron chi connectivity index (χ3n) is 11.9. The number of carbonyl (C=O) groups is 2. The van der Waals surface area contributed by atoms with Crippen LogP contribution in [0, 0.1) is 0 Å². The Morgan fingerprint density at radius 1 is 0.364 bits per heavy atom. The molecule has 0 bridgehead atoms. The summed E-state index contributed by atoms with van der Waals surface area (Å²) in [5, 5.41) is 9.61. The molecule has 0 aliphatic rings. The molecule has 0 aromatic rings. The van der Waals surface area contributed by atoms with Crippen LogP contribution in [0.3, 0.4) is 0 Å². The van der Waals surface area contributed by atoms with E-state index in [1.807, 2.05) is 0 Å². The molecule has 5 nitrogen and oxygen atoms in total. The quantitative estimate of drug-likeness (QED) is 0.0374. The van der Waals surface area contributed by atoms with Gasteiger partial charge in [-0.25, -0.2) is 0 Å². The van der Waals surface area contributed by atoms with Gasteiger partial charge in [-0.3, -0.25) is 9.59 Å². The van der Waals surface area contributed by atoms with Crippen LogP contribution in [0.25, 0.3) is 0 Å². The number of carbonyl (C=O) groups excluding carboxylic acids is 2. The number of aliphatic hydroxyl groups is 1. The molecule has 5 heteroatoms. The van der Waals surface area contributed by atoms with Gasteiger partial charge in [-0.05, 0) is 96.3 Å². The summed E-state index contributed by atoms with van der Waals surface area (Å²) in [6.07, 6.45) is 79.6. The third kappa shape index (κ3) is 53.4. The Labute approximate surface area is 408 Å². The lowest BCUT2D eigenvalue weighted by Gasteiger charge is -2.15. The molecule has 0 radical (unpaired) electrons. The Balaban J connectivity index is 3.48. The van der Waals surface area contributed by atoms with Gasteiger partial charge in [0.15, 0.2) is 6.10 Å². The van der Waals surface area contributed by atoms with Crippen LogP contribution in [-0.2, 0) is 19.1 Å². The zero-order valence-corrected chi connectivity index (χ0v) is 43.2. The zero-order valence-electron chi connectivity index (χ0n) is 43.2. The van der Waals surface area contributed by atoms with Crippen molar-refractivity contribution in [1.29, 1.82) is 0 Å². The molecule has 0 amide bonds. The monoisotopic (exact) mass is 917 g/mol. The molecule has 0 aromatic heterocycles. The second-order valence-corrected chi connectivity index (χ2v) is 18.3. The van der Waals surface area contributed by atoms with E-state index in [-0.39, 0.29) is 25.2 Å². The summed E-state index contributed by atoms with van der Waals surface area (Å²) in [6.45, 7) is 4.01. The molecule has 0 fully saturated rings. The molecule has 66 heavy (non-hydrogen) atoms. The summed E-state index contributed by atoms with van der Waals surface area (Å²) in [4.78, 5) is 24.4. The van der Waals surface area contributed by atoms with Crippen molar-refractivity contribution in [3.05, 3.63) is 97.2 Å². The van der Waals surface area contributed by atoms with E-state index in [2.05, 4.69) is 111 Å². The molecule has 0 aliphatic carbocycles. The van der Waals surface area contributed by atoms with Crippen molar-refractivity contribution in [2.24, 2.45) is 0 Å². The maximum Gasteiger partial charge on any atom is 0.306 e. The van der Waals surface area contributed by atoms with Gasteiger partial charge in [0.2, 0.25) is 0 Å². The van der Waals surface area contributed by atoms with Gasteiger partial charge in [0.05, 0.1) is 6.61 Å². The number of aliphatic hydroxyl groups excluding tert-OH is 1. The predicted molar refractivity (Wildman–Crippen MR) is 288 cm³/mol. The van der Waals surface area contributed by atoms with E-state index in [9.17, 15) is 14.7 Å². The topological polar surface area (TPSA) is 72.8 Å². The summed E-state index contributed by atoms with van der Waals surface area (Å²) in [6, 6.07) is 0. The Bertz CT molecular complexity index is 1270. The van der Waals surface area contributed by atoms with Gasteiger partial charge in [0.1, 0.15) is 6.61 Å². The van der Waals surface area contributed by atoms with Crippen molar-refractivity contribution in [3.8, 4) is 0 Å². The predicted octanol–water partition coefficient (Wildman–Crippen LogP) is 18.7. The molecule has 1 unspecified atom stereocenters. The molecule has 1 atom stereocenters. The number of allylic oxidation sites excluding steroid dienone is 16. The number of hydrogen-bond acceptors (Lipinski definition) is 5. The Morgan fingerprint density at radius 3 is 1.00 bits per heavy atom. The summed E-state index contributed by atoms with van der Waals surface area (Å²) >= 11 is 0. The molecule has 0 rings (SSSR count). The van der Waals surface area contributed by atoms with Crippen molar-refractivity contribution < 1.29 is 24.2 Å². The molecule has 0 aliphatic heterocycles. The van der Waals surface area contributed by atoms with Crippen LogP contribution < -0.4 is 0 Å². The molecule has 378 valence electrons. The fourth-order valence-corrected chi connectivity index (χ4v) is 7.71. The van der Waals surface area contributed by atoms with E-state index >= 15 is 0 Å². The number of unbranched alkanes of at least 4 members (excludes halogenated alkanes) is 26. The first-order chi connectivity index (χ1) is 32.6. The van der Waals surface area contributed by atoms with E-state index in [0.717, 1.165) is 89.9 Å². The minimum atomic E-state index is -0.777. The smallest absolute Gasteiger partial charge is 0.306 e. The molecular weight excluding hydrogens is 813 g/mol. The molecule has 0 heterocycles. The fourth-order valence-electron chi connectivity index (χ4n) is 7.71. The summed E-state index contributed by atoms with van der Waals surface area (Å²) in [7, 11) is 0. The van der Waals surface area contributed by atoms with Crippen molar-refractivity contribution in [2.45, 2.75) is 264 Å². The molecule has 0 saturated carbocycles. The van der Waals surface area contributed by atoms with Crippen LogP contribution in [0.5, 0.6) is 0 Å². The Morgan fingerprint density at radius 2 is 0.652 bits per heavy atom. The minimum Gasteiger partial charge on any atom is -0.462 e. The van der Waals surface area contributed by atoms with Crippen molar-refractivity contribution in [2.75, 3.05) is 13.2 Å². The SMILES string of the molecule is CC/C=C\C/C=C\C/C=C\C/C=C\C/C=C\C/C=C\C/C=C\CCCCCCCCCCCCCCCCCCCC(=O)OC(CO)COC(=O)CCCCCCC/C=C\CCCCCC. The van der Waals surface area contributed by atoms with Gasteiger partial charge >= 0.3 is 11.9 Å². The first kappa shape index (κ1) is 62.8. The van der Waals surface area contributed by atoms with E-state index in [4.69, 9.17) is 9.47 Å². The lowest BCUT2D eigenvalue weighted by Crippen LogP contribution is -2.28. The van der Waals surface area contributed by atoms with Gasteiger partial charge in [-0.2, -0.15) is 0 Å². The van der Waals surface area contributed by atoms with E-state index in [1.165, 1.54) is 141 Å². The minimum absolute atomic E-state index is 0.0708.